The third kappa shape index (κ3) is 4.97. The van der Waals surface area contributed by atoms with Crippen molar-refractivity contribution in [2.24, 2.45) is 0 Å². The van der Waals surface area contributed by atoms with Crippen LogP contribution in [0.5, 0.6) is 0 Å². The summed E-state index contributed by atoms with van der Waals surface area (Å²) in [5, 5.41) is 0. The molecule has 0 aliphatic rings. The van der Waals surface area contributed by atoms with E-state index in [0.717, 1.165) is 0 Å². The third-order valence-corrected chi connectivity index (χ3v) is 40.1. The normalized spacial score (nSPS) is 14.6. The van der Waals surface area contributed by atoms with Crippen LogP contribution < -0.4 is 18.9 Å². The molecular weight excluding hydrogens is 253 g/mol. The van der Waals surface area contributed by atoms with Gasteiger partial charge in [-0.3, -0.25) is 0 Å². The maximum atomic E-state index is 5.48. The van der Waals surface area contributed by atoms with Crippen molar-refractivity contribution in [3.8, 4) is 0 Å². The van der Waals surface area contributed by atoms with Crippen LogP contribution in [0.3, 0.4) is 0 Å². The molecule has 0 N–H and O–H groups in total. The van der Waals surface area contributed by atoms with Crippen LogP contribution in [-0.4, -0.2) is 30.7 Å². The van der Waals surface area contributed by atoms with Crippen molar-refractivity contribution in [3.05, 3.63) is 4.65 Å². The Morgan fingerprint density at radius 2 is 0.688 bits per heavy atom. The summed E-state index contributed by atoms with van der Waals surface area (Å²) in [5.41, 5.74) is 0. The number of rotatable bonds is 4. The van der Waals surface area contributed by atoms with Crippen molar-refractivity contribution < 1.29 is 18.9 Å². The molecule has 6 heteroatoms. The van der Waals surface area contributed by atoms with E-state index in [1.165, 1.54) is 0 Å². The van der Waals surface area contributed by atoms with Crippen LogP contribution in [0.1, 0.15) is 0 Å². The molecule has 0 heterocycles. The molecular formula is C10H30LiNSi4. The minimum absolute atomic E-state index is 0. The second-order valence-corrected chi connectivity index (χ2v) is 40.2. The van der Waals surface area contributed by atoms with Crippen LogP contribution in [0.2, 0.25) is 65.5 Å². The van der Waals surface area contributed by atoms with Crippen molar-refractivity contribution in [1.82, 2.24) is 0 Å². The van der Waals surface area contributed by atoms with E-state index in [4.69, 9.17) is 4.65 Å². The predicted octanol–water partition coefficient (Wildman–Crippen LogP) is 1.61. The Labute approximate surface area is 119 Å². The molecule has 0 aliphatic heterocycles. The van der Waals surface area contributed by atoms with E-state index >= 15 is 0 Å². The Morgan fingerprint density at radius 3 is 0.812 bits per heavy atom. The molecule has 1 nitrogen and oxygen atoms in total. The van der Waals surface area contributed by atoms with Gasteiger partial charge in [0, 0.05) is 15.2 Å². The van der Waals surface area contributed by atoms with Crippen molar-refractivity contribution in [2.75, 3.05) is 0 Å². The first-order chi connectivity index (χ1) is 6.21. The molecule has 0 aromatic rings. The van der Waals surface area contributed by atoms with E-state index in [9.17, 15) is 0 Å². The quantitative estimate of drug-likeness (QED) is 0.696. The molecule has 0 fully saturated rings. The van der Waals surface area contributed by atoms with Crippen molar-refractivity contribution in [3.63, 3.8) is 0 Å². The molecule has 0 atom stereocenters. The van der Waals surface area contributed by atoms with Crippen molar-refractivity contribution >= 4 is 30.7 Å². The summed E-state index contributed by atoms with van der Waals surface area (Å²) in [6.07, 6.45) is 0. The maximum Gasteiger partial charge on any atom is 1.00 e. The molecule has 0 bridgehead atoms. The summed E-state index contributed by atoms with van der Waals surface area (Å²) in [6.45, 7) is 25.0. The van der Waals surface area contributed by atoms with E-state index in [2.05, 4.69) is 65.5 Å². The fourth-order valence-corrected chi connectivity index (χ4v) is 21.4. The van der Waals surface area contributed by atoms with Gasteiger partial charge in [-0.15, -0.1) is 0 Å². The topological polar surface area (TPSA) is 14.1 Å². The van der Waals surface area contributed by atoms with Gasteiger partial charge in [0.2, 0.25) is 0 Å². The number of hydrogen-bond donors (Lipinski definition) is 0. The first-order valence-electron chi connectivity index (χ1n) is 5.95. The van der Waals surface area contributed by atoms with Gasteiger partial charge in [-0.2, -0.15) is 0 Å². The van der Waals surface area contributed by atoms with E-state index in [0.29, 0.717) is 0 Å². The molecule has 0 saturated heterocycles. The minimum Gasteiger partial charge on any atom is -0.671 e. The molecule has 0 aliphatic carbocycles. The first kappa shape index (κ1) is 19.8. The molecule has 0 aromatic carbocycles. The van der Waals surface area contributed by atoms with Gasteiger partial charge in [0.15, 0.2) is 0 Å². The average molecular weight is 284 g/mol. The molecule has 0 rings (SSSR count). The van der Waals surface area contributed by atoms with Gasteiger partial charge in [0.1, 0.15) is 0 Å². The molecule has 0 saturated carbocycles. The van der Waals surface area contributed by atoms with Crippen LogP contribution in [0, 0.1) is 0 Å². The van der Waals surface area contributed by atoms with Gasteiger partial charge in [-0.1, -0.05) is 81.0 Å². The van der Waals surface area contributed by atoms with Gasteiger partial charge in [-0.25, -0.2) is 0 Å². The average Bonchev–Trinajstić information content (AvgIpc) is 1.77. The van der Waals surface area contributed by atoms with Crippen LogP contribution in [-0.2, 0) is 0 Å². The Kier molecular flexibility index (Phi) is 6.91. The monoisotopic (exact) mass is 283 g/mol. The summed E-state index contributed by atoms with van der Waals surface area (Å²) in [5.74, 6) is 0. The Balaban J connectivity index is 0. The summed E-state index contributed by atoms with van der Waals surface area (Å²) in [4.78, 5) is 0. The predicted molar refractivity (Wildman–Crippen MR) is 85.0 cm³/mol. The van der Waals surface area contributed by atoms with Crippen LogP contribution in [0.4, 0.5) is 0 Å². The van der Waals surface area contributed by atoms with Gasteiger partial charge >= 0.3 is 18.9 Å². The minimum atomic E-state index is -1.29. The SMILES string of the molecule is C[Si](C)(C)[Si](C)(C)[N-][Si](C)(C)[Si](C)(C)C.[Li+]. The van der Waals surface area contributed by atoms with E-state index in [1.807, 2.05) is 0 Å². The second kappa shape index (κ2) is 5.60. The molecule has 16 heavy (non-hydrogen) atoms. The molecule has 0 radical (unpaired) electrons. The van der Waals surface area contributed by atoms with E-state index < -0.39 is 30.7 Å². The van der Waals surface area contributed by atoms with E-state index in [-0.39, 0.29) is 18.9 Å². The zero-order valence-electron chi connectivity index (χ0n) is 13.4. The molecule has 92 valence electrons. The van der Waals surface area contributed by atoms with Gasteiger partial charge in [0.25, 0.3) is 0 Å². The molecule has 0 aromatic heterocycles. The molecule has 0 unspecified atom stereocenters. The van der Waals surface area contributed by atoms with E-state index in [1.54, 1.807) is 0 Å². The zero-order chi connectivity index (χ0) is 12.7. The zero-order valence-corrected chi connectivity index (χ0v) is 17.4. The largest absolute Gasteiger partial charge is 1.00 e. The summed E-state index contributed by atoms with van der Waals surface area (Å²) in [7, 11) is -4.67. The number of hydrogen-bond acceptors (Lipinski definition) is 0. The van der Waals surface area contributed by atoms with Gasteiger partial charge in [-0.05, 0) is 0 Å². The standard InChI is InChI=1S/C10H30NSi4.Li/c1-12(2,3)14(7,8)11-15(9,10)13(4,5)6;/h1-10H3;/q-1;+1. The van der Waals surface area contributed by atoms with Crippen molar-refractivity contribution in [1.29, 1.82) is 0 Å². The van der Waals surface area contributed by atoms with Gasteiger partial charge < -0.3 is 4.65 Å². The summed E-state index contributed by atoms with van der Waals surface area (Å²) in [6, 6.07) is 0. The van der Waals surface area contributed by atoms with Crippen LogP contribution >= 0.6 is 0 Å². The van der Waals surface area contributed by atoms with Crippen molar-refractivity contribution in [2.45, 2.75) is 65.5 Å². The Hall–Kier alpha value is 1.42. The number of nitrogens with zero attached hydrogens (tertiary/aromatic N) is 1. The van der Waals surface area contributed by atoms with Gasteiger partial charge in [0.05, 0.1) is 0 Å². The molecule has 0 spiro atoms. The maximum absolute atomic E-state index is 5.48. The third-order valence-electron chi connectivity index (χ3n) is 4.23. The summed E-state index contributed by atoms with van der Waals surface area (Å²) < 4.78 is 5.48. The second-order valence-electron chi connectivity index (χ2n) is 7.73. The summed E-state index contributed by atoms with van der Waals surface area (Å²) >= 11 is 0. The smallest absolute Gasteiger partial charge is 0.671 e. The van der Waals surface area contributed by atoms with Crippen LogP contribution in [0.15, 0.2) is 0 Å². The Morgan fingerprint density at radius 1 is 0.500 bits per heavy atom. The molecule has 0 amide bonds. The fourth-order valence-electron chi connectivity index (χ4n) is 1.03. The Bertz CT molecular complexity index is 204. The van der Waals surface area contributed by atoms with Crippen LogP contribution in [0.25, 0.3) is 4.65 Å². The first-order valence-corrected chi connectivity index (χ1v) is 20.8. The fraction of sp³-hybridized carbons (Fsp3) is 1.00.